The summed E-state index contributed by atoms with van der Waals surface area (Å²) in [6.07, 6.45) is 3.07. The third-order valence-electron chi connectivity index (χ3n) is 7.02. The topological polar surface area (TPSA) is 94.2 Å². The number of nitrogens with zero attached hydrogens (tertiary/aromatic N) is 5. The number of carbonyl (C=O) groups is 1. The van der Waals surface area contributed by atoms with Crippen molar-refractivity contribution < 1.29 is 18.5 Å². The van der Waals surface area contributed by atoms with Gasteiger partial charge in [0.25, 0.3) is 11.6 Å². The predicted molar refractivity (Wildman–Crippen MR) is 134 cm³/mol. The summed E-state index contributed by atoms with van der Waals surface area (Å²) < 4.78 is 29.7. The van der Waals surface area contributed by atoms with Gasteiger partial charge in [0.1, 0.15) is 17.2 Å². The van der Waals surface area contributed by atoms with Crippen LogP contribution in [0.3, 0.4) is 0 Å². The van der Waals surface area contributed by atoms with E-state index in [0.717, 1.165) is 11.6 Å². The fraction of sp³-hybridized carbons (Fsp3) is 0.296. The highest BCUT2D eigenvalue weighted by Crippen LogP contribution is 2.41. The molecule has 2 aromatic heterocycles. The Bertz CT molecular complexity index is 1530. The number of hydrogen-bond acceptors (Lipinski definition) is 5. The molecule has 2 aromatic carbocycles. The monoisotopic (exact) mass is 505 g/mol. The summed E-state index contributed by atoms with van der Waals surface area (Å²) in [5.74, 6) is -1.68. The zero-order valence-electron chi connectivity index (χ0n) is 20.6. The number of nitro groups is 1. The van der Waals surface area contributed by atoms with Crippen LogP contribution in [0.15, 0.2) is 48.7 Å². The summed E-state index contributed by atoms with van der Waals surface area (Å²) in [7, 11) is 1.72. The Labute approximate surface area is 211 Å². The first kappa shape index (κ1) is 24.5. The van der Waals surface area contributed by atoms with Crippen LogP contribution in [-0.4, -0.2) is 36.5 Å². The summed E-state index contributed by atoms with van der Waals surface area (Å²) in [6, 6.07) is 9.01. The minimum absolute atomic E-state index is 0.205. The fourth-order valence-corrected chi connectivity index (χ4v) is 5.45. The van der Waals surface area contributed by atoms with Crippen molar-refractivity contribution in [2.24, 2.45) is 7.05 Å². The molecule has 1 amide bonds. The number of aromatic nitrogens is 3. The minimum atomic E-state index is -0.677. The van der Waals surface area contributed by atoms with Crippen molar-refractivity contribution >= 4 is 22.5 Å². The molecular formula is C27H25F2N5O3. The Hall–Kier alpha value is -4.21. The van der Waals surface area contributed by atoms with Gasteiger partial charge in [0.15, 0.2) is 0 Å². The molecule has 0 aliphatic carbocycles. The van der Waals surface area contributed by atoms with Gasteiger partial charge < -0.3 is 4.90 Å². The number of nitro benzene ring substituents is 1. The number of non-ortho nitro benzene ring substituents is 1. The summed E-state index contributed by atoms with van der Waals surface area (Å²) in [5.41, 5.74) is 2.72. The molecule has 0 saturated carbocycles. The maximum absolute atomic E-state index is 14.1. The Balaban J connectivity index is 1.63. The third-order valence-corrected chi connectivity index (χ3v) is 7.02. The zero-order valence-corrected chi connectivity index (χ0v) is 20.6. The number of halogens is 2. The van der Waals surface area contributed by atoms with Gasteiger partial charge in [-0.3, -0.25) is 19.6 Å². The molecule has 10 heteroatoms. The third kappa shape index (κ3) is 4.12. The van der Waals surface area contributed by atoms with Gasteiger partial charge in [-0.15, -0.1) is 0 Å². The average molecular weight is 506 g/mol. The molecule has 1 aliphatic rings. The number of hydrogen-bond donors (Lipinski definition) is 0. The highest BCUT2D eigenvalue weighted by atomic mass is 19.1. The van der Waals surface area contributed by atoms with Crippen LogP contribution in [0.2, 0.25) is 0 Å². The summed E-state index contributed by atoms with van der Waals surface area (Å²) in [4.78, 5) is 31.1. The van der Waals surface area contributed by atoms with Gasteiger partial charge in [-0.2, -0.15) is 5.10 Å². The lowest BCUT2D eigenvalue weighted by Crippen LogP contribution is -2.47. The second kappa shape index (κ2) is 9.34. The lowest BCUT2D eigenvalue weighted by Gasteiger charge is -2.41. The van der Waals surface area contributed by atoms with Crippen molar-refractivity contribution in [3.8, 4) is 11.3 Å². The van der Waals surface area contributed by atoms with E-state index >= 15 is 0 Å². The summed E-state index contributed by atoms with van der Waals surface area (Å²) in [5, 5.41) is 17.0. The maximum Gasteiger partial charge on any atom is 0.296 e. The van der Waals surface area contributed by atoms with Gasteiger partial charge in [0, 0.05) is 53.5 Å². The second-order valence-electron chi connectivity index (χ2n) is 9.22. The van der Waals surface area contributed by atoms with Gasteiger partial charge in [-0.25, -0.2) is 13.8 Å². The zero-order chi connectivity index (χ0) is 26.4. The van der Waals surface area contributed by atoms with Crippen molar-refractivity contribution in [2.75, 3.05) is 0 Å². The van der Waals surface area contributed by atoms with Crippen LogP contribution < -0.4 is 0 Å². The van der Waals surface area contributed by atoms with Crippen LogP contribution in [0.4, 0.5) is 14.5 Å². The Morgan fingerprint density at radius 1 is 1.14 bits per heavy atom. The number of pyridine rings is 1. The van der Waals surface area contributed by atoms with Crippen LogP contribution >= 0.6 is 0 Å². The lowest BCUT2D eigenvalue weighted by molar-refractivity contribution is -0.383. The van der Waals surface area contributed by atoms with E-state index in [2.05, 4.69) is 10.1 Å². The number of benzene rings is 2. The van der Waals surface area contributed by atoms with Crippen LogP contribution in [-0.2, 0) is 13.5 Å². The quantitative estimate of drug-likeness (QED) is 0.254. The molecule has 190 valence electrons. The van der Waals surface area contributed by atoms with E-state index in [1.165, 1.54) is 24.4 Å². The number of rotatable bonds is 5. The van der Waals surface area contributed by atoms with Crippen LogP contribution in [0, 0.1) is 21.7 Å². The van der Waals surface area contributed by atoms with Crippen molar-refractivity contribution in [3.05, 3.63) is 87.2 Å². The number of carbonyl (C=O) groups excluding carboxylic acids is 1. The first-order chi connectivity index (χ1) is 17.7. The highest BCUT2D eigenvalue weighted by molar-refractivity contribution is 6.01. The molecule has 4 aromatic rings. The molecule has 5 rings (SSSR count). The molecule has 0 spiro atoms. The Kier molecular flexibility index (Phi) is 6.18. The van der Waals surface area contributed by atoms with Crippen molar-refractivity contribution in [1.29, 1.82) is 0 Å². The van der Waals surface area contributed by atoms with E-state index in [0.29, 0.717) is 41.6 Å². The Morgan fingerprint density at radius 3 is 2.51 bits per heavy atom. The number of amides is 1. The molecule has 0 saturated heterocycles. The number of fused-ring (bicyclic) bond motifs is 2. The van der Waals surface area contributed by atoms with E-state index < -0.39 is 22.6 Å². The van der Waals surface area contributed by atoms with Gasteiger partial charge in [-0.1, -0.05) is 19.9 Å². The van der Waals surface area contributed by atoms with Crippen LogP contribution in [0.5, 0.6) is 0 Å². The second-order valence-corrected chi connectivity index (χ2v) is 9.22. The lowest BCUT2D eigenvalue weighted by atomic mass is 9.87. The molecular weight excluding hydrogens is 480 g/mol. The smallest absolute Gasteiger partial charge is 0.296 e. The molecule has 0 radical (unpaired) electrons. The largest absolute Gasteiger partial charge is 0.327 e. The molecule has 0 N–H and O–H groups in total. The molecule has 3 heterocycles. The first-order valence-corrected chi connectivity index (χ1v) is 12.1. The predicted octanol–water partition coefficient (Wildman–Crippen LogP) is 5.75. The normalized spacial score (nSPS) is 17.2. The van der Waals surface area contributed by atoms with Crippen LogP contribution in [0.25, 0.3) is 22.2 Å². The van der Waals surface area contributed by atoms with E-state index in [1.807, 2.05) is 13.8 Å². The van der Waals surface area contributed by atoms with E-state index in [1.54, 1.807) is 34.8 Å². The van der Waals surface area contributed by atoms with E-state index in [-0.39, 0.29) is 28.7 Å². The van der Waals surface area contributed by atoms with Gasteiger partial charge >= 0.3 is 0 Å². The summed E-state index contributed by atoms with van der Waals surface area (Å²) in [6.45, 7) is 3.91. The molecule has 2 unspecified atom stereocenters. The van der Waals surface area contributed by atoms with Gasteiger partial charge in [-0.05, 0) is 43.5 Å². The molecule has 37 heavy (non-hydrogen) atoms. The minimum Gasteiger partial charge on any atom is -0.327 e. The maximum atomic E-state index is 14.1. The highest BCUT2D eigenvalue weighted by Gasteiger charge is 2.40. The SMILES string of the molecule is CCC1Cc2c(nn(C)c2-c2cc(F)cc(F)c2)C(CC)N1C(=O)c1cc([N+](=O)[O-])c2ncccc2c1. The fourth-order valence-electron chi connectivity index (χ4n) is 5.45. The molecule has 0 bridgehead atoms. The van der Waals surface area contributed by atoms with Crippen molar-refractivity contribution in [2.45, 2.75) is 45.2 Å². The van der Waals surface area contributed by atoms with Gasteiger partial charge in [0.05, 0.1) is 22.4 Å². The Morgan fingerprint density at radius 2 is 1.86 bits per heavy atom. The van der Waals surface area contributed by atoms with Crippen molar-refractivity contribution in [3.63, 3.8) is 0 Å². The molecule has 0 fully saturated rings. The van der Waals surface area contributed by atoms with Crippen molar-refractivity contribution in [1.82, 2.24) is 19.7 Å². The van der Waals surface area contributed by atoms with E-state index in [9.17, 15) is 23.7 Å². The van der Waals surface area contributed by atoms with Gasteiger partial charge in [0.2, 0.25) is 0 Å². The number of aryl methyl sites for hydroxylation is 1. The summed E-state index contributed by atoms with van der Waals surface area (Å²) >= 11 is 0. The molecule has 8 nitrogen and oxygen atoms in total. The molecule has 1 aliphatic heterocycles. The van der Waals surface area contributed by atoms with E-state index in [4.69, 9.17) is 0 Å². The first-order valence-electron chi connectivity index (χ1n) is 12.1. The van der Waals surface area contributed by atoms with Crippen LogP contribution in [0.1, 0.15) is 54.3 Å². The molecule has 2 atom stereocenters. The average Bonchev–Trinajstić information content (AvgIpc) is 3.20. The standard InChI is InChI=1S/C27H25F2N5O3/c1-4-20-14-21-25(31-32(3)26(21)16-10-18(28)13-19(29)11-16)22(5-2)33(20)27(35)17-9-15-7-6-8-30-24(15)23(12-17)34(36)37/h6-13,20,22H,4-5,14H2,1-3H3.